The predicted octanol–water partition coefficient (Wildman–Crippen LogP) is 1.93. The molecule has 5 heteroatoms. The van der Waals surface area contributed by atoms with E-state index in [9.17, 15) is 4.79 Å². The molecule has 4 nitrogen and oxygen atoms in total. The molecule has 1 heterocycles. The van der Waals surface area contributed by atoms with Crippen LogP contribution in [-0.4, -0.2) is 17.9 Å². The summed E-state index contributed by atoms with van der Waals surface area (Å²) in [6.45, 7) is 0.529. The Morgan fingerprint density at radius 2 is 2.20 bits per heavy atom. The molecule has 1 aromatic rings. The monoisotopic (exact) mass is 222 g/mol. The van der Waals surface area contributed by atoms with Crippen LogP contribution in [0.4, 0.5) is 4.79 Å². The van der Waals surface area contributed by atoms with E-state index in [1.165, 1.54) is 11.8 Å². The maximum absolute atomic E-state index is 10.5. The molecule has 0 spiro atoms. The molecule has 0 radical (unpaired) electrons. The molecule has 0 bridgehead atoms. The maximum Gasteiger partial charge on any atom is 0.342 e. The molecule has 0 aromatic heterocycles. The number of carbonyl (C=O) groups excluding carboxylic acids is 1. The first-order valence-electron chi connectivity index (χ1n) is 4.48. The first-order chi connectivity index (χ1) is 7.25. The van der Waals surface area contributed by atoms with Crippen molar-refractivity contribution in [2.45, 2.75) is 5.25 Å². The summed E-state index contributed by atoms with van der Waals surface area (Å²) in [5, 5.41) is 0.556. The largest absolute Gasteiger partial charge is 0.471 e. The molecule has 1 atom stereocenters. The van der Waals surface area contributed by atoms with Crippen LogP contribution < -0.4 is 5.73 Å². The topological polar surface area (TPSA) is 64.7 Å². The summed E-state index contributed by atoms with van der Waals surface area (Å²) in [5.41, 5.74) is 6.10. The summed E-state index contributed by atoms with van der Waals surface area (Å²) in [6, 6.07) is 9.23. The van der Waals surface area contributed by atoms with Crippen molar-refractivity contribution in [1.82, 2.24) is 0 Å². The molecular formula is C10H10N2O2S. The zero-order valence-corrected chi connectivity index (χ0v) is 8.74. The molecule has 0 saturated carbocycles. The van der Waals surface area contributed by atoms with Crippen LogP contribution in [0.1, 0.15) is 10.8 Å². The van der Waals surface area contributed by atoms with Crippen LogP contribution in [-0.2, 0) is 4.74 Å². The molecule has 1 aliphatic rings. The van der Waals surface area contributed by atoms with Crippen molar-refractivity contribution in [3.8, 4) is 0 Å². The summed E-state index contributed by atoms with van der Waals surface area (Å²) < 4.78 is 5.24. The number of amides is 2. The Balaban J connectivity index is 2.08. The number of hydrogen-bond acceptors (Lipinski definition) is 3. The molecule has 2 rings (SSSR count). The summed E-state index contributed by atoms with van der Waals surface area (Å²) in [6.07, 6.45) is 0. The lowest BCUT2D eigenvalue weighted by molar-refractivity contribution is 0.255. The van der Waals surface area contributed by atoms with Crippen LogP contribution in [0, 0.1) is 0 Å². The minimum absolute atomic E-state index is 0.198. The van der Waals surface area contributed by atoms with Crippen LogP contribution in [0.25, 0.3) is 0 Å². The number of nitrogens with two attached hydrogens (primary N) is 1. The van der Waals surface area contributed by atoms with E-state index >= 15 is 0 Å². The number of hydrogen-bond donors (Lipinski definition) is 1. The van der Waals surface area contributed by atoms with Crippen LogP contribution in [0.15, 0.2) is 35.3 Å². The third kappa shape index (κ3) is 2.50. The molecule has 1 fully saturated rings. The normalized spacial score (nSPS) is 22.7. The average Bonchev–Trinajstić information content (AvgIpc) is 2.67. The average molecular weight is 222 g/mol. The number of benzene rings is 1. The summed E-state index contributed by atoms with van der Waals surface area (Å²) in [5.74, 6) is 0. The number of rotatable bonds is 1. The van der Waals surface area contributed by atoms with Gasteiger partial charge in [-0.25, -0.2) is 4.79 Å². The van der Waals surface area contributed by atoms with Gasteiger partial charge in [0.1, 0.15) is 6.61 Å². The second-order valence-corrected chi connectivity index (χ2v) is 4.20. The van der Waals surface area contributed by atoms with Gasteiger partial charge in [-0.3, -0.25) is 0 Å². The maximum atomic E-state index is 10.5. The summed E-state index contributed by atoms with van der Waals surface area (Å²) in [4.78, 5) is 14.1. The van der Waals surface area contributed by atoms with Gasteiger partial charge in [-0.05, 0) is 5.56 Å². The quantitative estimate of drug-likeness (QED) is 0.789. The third-order valence-corrected chi connectivity index (χ3v) is 3.08. The number of nitrogens with zero attached hydrogens (tertiary/aromatic N) is 1. The van der Waals surface area contributed by atoms with Crippen LogP contribution >= 0.6 is 11.8 Å². The van der Waals surface area contributed by atoms with Gasteiger partial charge in [0.05, 0.1) is 5.25 Å². The molecule has 1 aromatic carbocycles. The number of aliphatic imine (C=N–C) groups is 1. The first-order valence-corrected chi connectivity index (χ1v) is 5.36. The molecule has 15 heavy (non-hydrogen) atoms. The lowest BCUT2D eigenvalue weighted by atomic mass is 10.2. The second kappa shape index (κ2) is 4.35. The van der Waals surface area contributed by atoms with Crippen molar-refractivity contribution >= 4 is 23.0 Å². The summed E-state index contributed by atoms with van der Waals surface area (Å²) >= 11 is 1.42. The van der Waals surface area contributed by atoms with Crippen LogP contribution in [0.5, 0.6) is 0 Å². The van der Waals surface area contributed by atoms with Gasteiger partial charge in [-0.1, -0.05) is 42.1 Å². The third-order valence-electron chi connectivity index (χ3n) is 1.97. The SMILES string of the molecule is NC(=O)/N=C1/OCC(c2ccccc2)S1. The number of carbonyl (C=O) groups is 1. The molecule has 0 aliphatic carbocycles. The van der Waals surface area contributed by atoms with Gasteiger partial charge in [-0.2, -0.15) is 4.99 Å². The van der Waals surface area contributed by atoms with Gasteiger partial charge in [0, 0.05) is 0 Å². The Labute approximate surface area is 91.5 Å². The molecule has 78 valence electrons. The Bertz CT molecular complexity index is 392. The highest BCUT2D eigenvalue weighted by Gasteiger charge is 2.24. The van der Waals surface area contributed by atoms with Gasteiger partial charge >= 0.3 is 6.03 Å². The van der Waals surface area contributed by atoms with E-state index in [1.807, 2.05) is 30.3 Å². The van der Waals surface area contributed by atoms with E-state index in [0.717, 1.165) is 5.56 Å². The van der Waals surface area contributed by atoms with E-state index in [2.05, 4.69) is 4.99 Å². The zero-order chi connectivity index (χ0) is 10.7. The Kier molecular flexibility index (Phi) is 2.91. The van der Waals surface area contributed by atoms with Gasteiger partial charge < -0.3 is 10.5 Å². The minimum Gasteiger partial charge on any atom is -0.471 e. The molecule has 2 amide bonds. The minimum atomic E-state index is -0.716. The smallest absolute Gasteiger partial charge is 0.342 e. The number of primary amides is 1. The second-order valence-electron chi connectivity index (χ2n) is 3.04. The molecule has 2 N–H and O–H groups in total. The Morgan fingerprint density at radius 3 is 2.87 bits per heavy atom. The fraction of sp³-hybridized carbons (Fsp3) is 0.200. The van der Waals surface area contributed by atoms with E-state index in [1.54, 1.807) is 0 Å². The standard InChI is InChI=1S/C10H10N2O2S/c11-9(13)12-10-14-6-8(15-10)7-4-2-1-3-5-7/h1-5,8H,6H2,(H2,11,13)/b12-10-. The summed E-state index contributed by atoms with van der Waals surface area (Å²) in [7, 11) is 0. The number of thioether (sulfide) groups is 1. The lowest BCUT2D eigenvalue weighted by Gasteiger charge is -2.03. The molecule has 1 aliphatic heterocycles. The van der Waals surface area contributed by atoms with E-state index < -0.39 is 6.03 Å². The van der Waals surface area contributed by atoms with Crippen molar-refractivity contribution in [1.29, 1.82) is 0 Å². The lowest BCUT2D eigenvalue weighted by Crippen LogP contribution is -2.07. The first kappa shape index (κ1) is 10.0. The Morgan fingerprint density at radius 1 is 1.47 bits per heavy atom. The van der Waals surface area contributed by atoms with Gasteiger partial charge in [0.25, 0.3) is 5.23 Å². The highest BCUT2D eigenvalue weighted by Crippen LogP contribution is 2.36. The Hall–Kier alpha value is -1.49. The fourth-order valence-electron chi connectivity index (χ4n) is 1.32. The van der Waals surface area contributed by atoms with Crippen molar-refractivity contribution < 1.29 is 9.53 Å². The van der Waals surface area contributed by atoms with Gasteiger partial charge in [0.2, 0.25) is 0 Å². The van der Waals surface area contributed by atoms with Gasteiger partial charge in [0.15, 0.2) is 0 Å². The highest BCUT2D eigenvalue weighted by atomic mass is 32.2. The van der Waals surface area contributed by atoms with Crippen molar-refractivity contribution in [2.24, 2.45) is 10.7 Å². The van der Waals surface area contributed by atoms with Crippen molar-refractivity contribution in [3.05, 3.63) is 35.9 Å². The molecular weight excluding hydrogens is 212 g/mol. The molecule has 1 saturated heterocycles. The predicted molar refractivity (Wildman–Crippen MR) is 59.7 cm³/mol. The van der Waals surface area contributed by atoms with Crippen LogP contribution in [0.3, 0.4) is 0 Å². The number of ether oxygens (including phenoxy) is 1. The van der Waals surface area contributed by atoms with E-state index in [0.29, 0.717) is 11.8 Å². The van der Waals surface area contributed by atoms with Crippen molar-refractivity contribution in [3.63, 3.8) is 0 Å². The van der Waals surface area contributed by atoms with Crippen molar-refractivity contribution in [2.75, 3.05) is 6.61 Å². The van der Waals surface area contributed by atoms with Gasteiger partial charge in [-0.15, -0.1) is 0 Å². The zero-order valence-electron chi connectivity index (χ0n) is 7.92. The van der Waals surface area contributed by atoms with E-state index in [-0.39, 0.29) is 5.25 Å². The molecule has 1 unspecified atom stereocenters. The van der Waals surface area contributed by atoms with Crippen LogP contribution in [0.2, 0.25) is 0 Å². The number of urea groups is 1. The van der Waals surface area contributed by atoms with E-state index in [4.69, 9.17) is 10.5 Å². The highest BCUT2D eigenvalue weighted by molar-refractivity contribution is 8.14. The fourth-order valence-corrected chi connectivity index (χ4v) is 2.27.